The van der Waals surface area contributed by atoms with Crippen molar-refractivity contribution in [3.8, 4) is 0 Å². The minimum absolute atomic E-state index is 0.0281. The van der Waals surface area contributed by atoms with Crippen molar-refractivity contribution in [2.24, 2.45) is 0 Å². The molecular weight excluding hydrogens is 214 g/mol. The van der Waals surface area contributed by atoms with Crippen molar-refractivity contribution in [2.75, 3.05) is 28.7 Å². The lowest BCUT2D eigenvalue weighted by Crippen LogP contribution is -2.32. The lowest BCUT2D eigenvalue weighted by Gasteiger charge is -2.19. The summed E-state index contributed by atoms with van der Waals surface area (Å²) in [7, 11) is 0. The largest absolute Gasteiger partial charge is 0.366 e. The molecule has 0 fully saturated rings. The van der Waals surface area contributed by atoms with Crippen LogP contribution in [0.25, 0.3) is 0 Å². The molecule has 0 radical (unpaired) electrons. The third-order valence-corrected chi connectivity index (χ3v) is 3.65. The molecule has 0 saturated heterocycles. The van der Waals surface area contributed by atoms with Crippen LogP contribution in [0, 0.1) is 0 Å². The van der Waals surface area contributed by atoms with Crippen molar-refractivity contribution in [1.29, 1.82) is 0 Å². The number of carbonyl (C=O) groups excluding carboxylic acids is 1. The molecule has 1 amide bonds. The Morgan fingerprint density at radius 2 is 1.94 bits per heavy atom. The van der Waals surface area contributed by atoms with Gasteiger partial charge in [0.15, 0.2) is 0 Å². The van der Waals surface area contributed by atoms with E-state index in [0.29, 0.717) is 0 Å². The Morgan fingerprint density at radius 1 is 1.29 bits per heavy atom. The fourth-order valence-electron chi connectivity index (χ4n) is 2.73. The van der Waals surface area contributed by atoms with Crippen LogP contribution >= 0.6 is 0 Å². The molecule has 4 nitrogen and oxygen atoms in total. The van der Waals surface area contributed by atoms with Crippen LogP contribution < -0.4 is 15.5 Å². The summed E-state index contributed by atoms with van der Waals surface area (Å²) in [6.45, 7) is 7.52. The van der Waals surface area contributed by atoms with Crippen molar-refractivity contribution in [3.63, 3.8) is 0 Å². The molecule has 0 aromatic heterocycles. The third kappa shape index (κ3) is 1.40. The topological polar surface area (TPSA) is 44.4 Å². The molecule has 0 spiro atoms. The van der Waals surface area contributed by atoms with Gasteiger partial charge in [0.05, 0.1) is 18.0 Å². The predicted molar refractivity (Wildman–Crippen MR) is 69.6 cm³/mol. The second-order valence-electron chi connectivity index (χ2n) is 5.43. The van der Waals surface area contributed by atoms with E-state index in [1.807, 2.05) is 4.90 Å². The summed E-state index contributed by atoms with van der Waals surface area (Å²) in [4.78, 5) is 13.6. The van der Waals surface area contributed by atoms with E-state index in [1.165, 1.54) is 5.56 Å². The van der Waals surface area contributed by atoms with Gasteiger partial charge in [-0.1, -0.05) is 13.8 Å². The maximum Gasteiger partial charge on any atom is 0.223 e. The molecule has 2 aliphatic heterocycles. The second-order valence-corrected chi connectivity index (χ2v) is 5.43. The molecule has 0 unspecified atom stereocenters. The Bertz CT molecular complexity index is 508. The number of nitrogens with one attached hydrogen (secondary N) is 2. The number of rotatable bonds is 0. The molecule has 1 aromatic rings. The van der Waals surface area contributed by atoms with Crippen LogP contribution in [0.2, 0.25) is 0 Å². The second kappa shape index (κ2) is 3.15. The van der Waals surface area contributed by atoms with Crippen LogP contribution in [0.15, 0.2) is 12.1 Å². The van der Waals surface area contributed by atoms with Gasteiger partial charge in [-0.15, -0.1) is 0 Å². The van der Waals surface area contributed by atoms with Crippen LogP contribution in [-0.4, -0.2) is 19.1 Å². The molecule has 0 saturated carbocycles. The van der Waals surface area contributed by atoms with Gasteiger partial charge in [-0.25, -0.2) is 0 Å². The standard InChI is InChI=1S/C13H17N3O/c1-8(17)16-6-13(2,3)9-4-10-11(5-12(9)16)15-7-14-10/h4-5,14-15H,6-7H2,1-3H3. The van der Waals surface area contributed by atoms with E-state index >= 15 is 0 Å². The smallest absolute Gasteiger partial charge is 0.223 e. The Balaban J connectivity index is 2.18. The molecule has 1 aromatic carbocycles. The average molecular weight is 231 g/mol. The quantitative estimate of drug-likeness (QED) is 0.719. The monoisotopic (exact) mass is 231 g/mol. The maximum absolute atomic E-state index is 11.7. The van der Waals surface area contributed by atoms with E-state index in [9.17, 15) is 4.79 Å². The van der Waals surface area contributed by atoms with Gasteiger partial charge in [0.25, 0.3) is 0 Å². The highest BCUT2D eigenvalue weighted by Crippen LogP contribution is 2.45. The summed E-state index contributed by atoms with van der Waals surface area (Å²) in [6.07, 6.45) is 0. The predicted octanol–water partition coefficient (Wildman–Crippen LogP) is 2.13. The first-order valence-electron chi connectivity index (χ1n) is 5.93. The van der Waals surface area contributed by atoms with Gasteiger partial charge in [0.2, 0.25) is 5.91 Å². The third-order valence-electron chi connectivity index (χ3n) is 3.65. The van der Waals surface area contributed by atoms with Crippen LogP contribution in [-0.2, 0) is 10.2 Å². The molecule has 2 heterocycles. The van der Waals surface area contributed by atoms with Crippen molar-refractivity contribution < 1.29 is 4.79 Å². The number of nitrogens with zero attached hydrogens (tertiary/aromatic N) is 1. The molecule has 2 N–H and O–H groups in total. The Kier molecular flexibility index (Phi) is 1.94. The fourth-order valence-corrected chi connectivity index (χ4v) is 2.73. The van der Waals surface area contributed by atoms with E-state index in [1.54, 1.807) is 6.92 Å². The van der Waals surface area contributed by atoms with E-state index in [-0.39, 0.29) is 11.3 Å². The van der Waals surface area contributed by atoms with Gasteiger partial charge in [-0.05, 0) is 17.7 Å². The van der Waals surface area contributed by atoms with Crippen LogP contribution in [0.5, 0.6) is 0 Å². The highest BCUT2D eigenvalue weighted by molar-refractivity contribution is 5.97. The summed E-state index contributed by atoms with van der Waals surface area (Å²) in [6, 6.07) is 4.26. The lowest BCUT2D eigenvalue weighted by atomic mass is 9.86. The summed E-state index contributed by atoms with van der Waals surface area (Å²) >= 11 is 0. The van der Waals surface area contributed by atoms with E-state index in [0.717, 1.165) is 30.3 Å². The molecule has 90 valence electrons. The van der Waals surface area contributed by atoms with Crippen LogP contribution in [0.1, 0.15) is 26.3 Å². The normalized spacial score (nSPS) is 19.4. The fraction of sp³-hybridized carbons (Fsp3) is 0.462. The Labute approximate surface area is 101 Å². The molecule has 2 aliphatic rings. The number of anilines is 3. The number of benzene rings is 1. The van der Waals surface area contributed by atoms with Gasteiger partial charge in [-0.2, -0.15) is 0 Å². The number of hydrogen-bond acceptors (Lipinski definition) is 3. The minimum atomic E-state index is 0.0281. The van der Waals surface area contributed by atoms with Gasteiger partial charge in [0.1, 0.15) is 0 Å². The zero-order valence-corrected chi connectivity index (χ0v) is 10.4. The summed E-state index contributed by atoms with van der Waals surface area (Å²) in [5.41, 5.74) is 4.57. The van der Waals surface area contributed by atoms with Gasteiger partial charge >= 0.3 is 0 Å². The molecule has 4 heteroatoms. The van der Waals surface area contributed by atoms with Crippen molar-refractivity contribution >= 4 is 23.0 Å². The highest BCUT2D eigenvalue weighted by Gasteiger charge is 2.38. The van der Waals surface area contributed by atoms with Crippen molar-refractivity contribution in [2.45, 2.75) is 26.2 Å². The molecular formula is C13H17N3O. The molecule has 0 atom stereocenters. The maximum atomic E-state index is 11.7. The highest BCUT2D eigenvalue weighted by atomic mass is 16.2. The van der Waals surface area contributed by atoms with Crippen molar-refractivity contribution in [1.82, 2.24) is 0 Å². The lowest BCUT2D eigenvalue weighted by molar-refractivity contribution is -0.116. The van der Waals surface area contributed by atoms with Crippen LogP contribution in [0.3, 0.4) is 0 Å². The zero-order chi connectivity index (χ0) is 12.2. The zero-order valence-electron chi connectivity index (χ0n) is 10.4. The first-order valence-corrected chi connectivity index (χ1v) is 5.93. The van der Waals surface area contributed by atoms with Gasteiger partial charge in [-0.3, -0.25) is 4.79 Å². The average Bonchev–Trinajstić information content (AvgIpc) is 2.79. The van der Waals surface area contributed by atoms with E-state index in [4.69, 9.17) is 0 Å². The Morgan fingerprint density at radius 3 is 2.59 bits per heavy atom. The van der Waals surface area contributed by atoms with E-state index < -0.39 is 0 Å². The number of hydrogen-bond donors (Lipinski definition) is 2. The Hall–Kier alpha value is -1.71. The van der Waals surface area contributed by atoms with Crippen molar-refractivity contribution in [3.05, 3.63) is 17.7 Å². The molecule has 17 heavy (non-hydrogen) atoms. The first kappa shape index (κ1) is 10.4. The van der Waals surface area contributed by atoms with Gasteiger partial charge < -0.3 is 15.5 Å². The summed E-state index contributed by atoms with van der Waals surface area (Å²) in [5.74, 6) is 0.114. The molecule has 0 aliphatic carbocycles. The molecule has 3 rings (SSSR count). The minimum Gasteiger partial charge on any atom is -0.366 e. The number of fused-ring (bicyclic) bond motifs is 2. The summed E-state index contributed by atoms with van der Waals surface area (Å²) in [5, 5.41) is 6.56. The van der Waals surface area contributed by atoms with Crippen LogP contribution in [0.4, 0.5) is 17.1 Å². The van der Waals surface area contributed by atoms with E-state index in [2.05, 4.69) is 36.6 Å². The number of carbonyl (C=O) groups is 1. The SMILES string of the molecule is CC(=O)N1CC(C)(C)c2cc3c(cc21)NCN3. The molecule has 0 bridgehead atoms. The summed E-state index contributed by atoms with van der Waals surface area (Å²) < 4.78 is 0. The van der Waals surface area contributed by atoms with Gasteiger partial charge in [0, 0.05) is 24.6 Å². The first-order chi connectivity index (χ1) is 7.99. The number of amides is 1.